The van der Waals surface area contributed by atoms with Crippen LogP contribution >= 0.6 is 0 Å². The van der Waals surface area contributed by atoms with E-state index >= 15 is 0 Å². The van der Waals surface area contributed by atoms with E-state index in [1.807, 2.05) is 0 Å². The molecule has 0 bridgehead atoms. The molecule has 0 saturated heterocycles. The minimum Gasteiger partial charge on any atom is -0.478 e. The molecule has 1 aliphatic rings. The van der Waals surface area contributed by atoms with Gasteiger partial charge in [-0.3, -0.25) is 9.59 Å². The summed E-state index contributed by atoms with van der Waals surface area (Å²) in [5.74, 6) is -1.01. The topological polar surface area (TPSA) is 99.1 Å². The molecule has 0 saturated carbocycles. The molecule has 156 valence electrons. The van der Waals surface area contributed by atoms with Crippen molar-refractivity contribution in [3.05, 3.63) is 82.9 Å². The fraction of sp³-hybridized carbons (Fsp3) is 0.125. The van der Waals surface area contributed by atoms with E-state index in [-0.39, 0.29) is 5.56 Å². The standard InChI is InChI=1S/C24H18O7/c1-13(25)29-15-7-9-19-21(11-15)31-22-12-16(30-14(2)26)8-10-20(22)23(19)17-5-3-4-6-18(17)24(27)28/h3-12,23H,1-2H3,(H,27,28). The van der Waals surface area contributed by atoms with Crippen LogP contribution in [-0.2, 0) is 9.59 Å². The minimum absolute atomic E-state index is 0.166. The van der Waals surface area contributed by atoms with Gasteiger partial charge >= 0.3 is 17.9 Å². The van der Waals surface area contributed by atoms with E-state index in [2.05, 4.69) is 0 Å². The Morgan fingerprint density at radius 1 is 0.774 bits per heavy atom. The molecule has 0 fully saturated rings. The monoisotopic (exact) mass is 418 g/mol. The Hall–Kier alpha value is -4.13. The highest BCUT2D eigenvalue weighted by Crippen LogP contribution is 2.49. The Morgan fingerprint density at radius 3 is 1.77 bits per heavy atom. The van der Waals surface area contributed by atoms with Crippen LogP contribution < -0.4 is 14.2 Å². The lowest BCUT2D eigenvalue weighted by atomic mass is 9.80. The van der Waals surface area contributed by atoms with Gasteiger partial charge in [0.05, 0.1) is 5.56 Å². The maximum atomic E-state index is 11.9. The molecule has 0 aliphatic carbocycles. The fourth-order valence-corrected chi connectivity index (χ4v) is 3.71. The molecule has 0 amide bonds. The van der Waals surface area contributed by atoms with Crippen molar-refractivity contribution in [1.29, 1.82) is 0 Å². The van der Waals surface area contributed by atoms with Gasteiger partial charge in [-0.1, -0.05) is 30.3 Å². The van der Waals surface area contributed by atoms with E-state index in [9.17, 15) is 19.5 Å². The smallest absolute Gasteiger partial charge is 0.335 e. The zero-order chi connectivity index (χ0) is 22.1. The van der Waals surface area contributed by atoms with Crippen molar-refractivity contribution in [3.63, 3.8) is 0 Å². The first-order valence-corrected chi connectivity index (χ1v) is 9.48. The number of carbonyl (C=O) groups excluding carboxylic acids is 2. The van der Waals surface area contributed by atoms with Crippen molar-refractivity contribution in [1.82, 2.24) is 0 Å². The average molecular weight is 418 g/mol. The van der Waals surface area contributed by atoms with Gasteiger partial charge < -0.3 is 19.3 Å². The number of carboxylic acids is 1. The first-order valence-electron chi connectivity index (χ1n) is 9.48. The highest BCUT2D eigenvalue weighted by Gasteiger charge is 2.32. The van der Waals surface area contributed by atoms with Crippen LogP contribution in [0.1, 0.15) is 46.8 Å². The second-order valence-corrected chi connectivity index (χ2v) is 7.01. The molecule has 1 heterocycles. The molecule has 4 rings (SSSR count). The number of rotatable bonds is 4. The van der Waals surface area contributed by atoms with Crippen LogP contribution in [0.4, 0.5) is 0 Å². The van der Waals surface area contributed by atoms with Gasteiger partial charge in [-0.15, -0.1) is 0 Å². The maximum Gasteiger partial charge on any atom is 0.335 e. The van der Waals surface area contributed by atoms with Gasteiger partial charge in [0.2, 0.25) is 0 Å². The zero-order valence-electron chi connectivity index (χ0n) is 16.7. The van der Waals surface area contributed by atoms with E-state index in [1.54, 1.807) is 60.7 Å². The maximum absolute atomic E-state index is 11.9. The predicted octanol–water partition coefficient (Wildman–Crippen LogP) is 4.52. The number of fused-ring (bicyclic) bond motifs is 2. The molecule has 1 N–H and O–H groups in total. The second-order valence-electron chi connectivity index (χ2n) is 7.01. The van der Waals surface area contributed by atoms with Crippen LogP contribution in [0.2, 0.25) is 0 Å². The van der Waals surface area contributed by atoms with Gasteiger partial charge in [0.15, 0.2) is 0 Å². The number of hydrogen-bond acceptors (Lipinski definition) is 6. The lowest BCUT2D eigenvalue weighted by molar-refractivity contribution is -0.132. The summed E-state index contributed by atoms with van der Waals surface area (Å²) in [5, 5.41) is 9.73. The molecule has 3 aromatic rings. The van der Waals surface area contributed by atoms with Crippen molar-refractivity contribution in [2.45, 2.75) is 19.8 Å². The van der Waals surface area contributed by atoms with Gasteiger partial charge in [-0.25, -0.2) is 4.79 Å². The fourth-order valence-electron chi connectivity index (χ4n) is 3.71. The van der Waals surface area contributed by atoms with Crippen LogP contribution in [0, 0.1) is 0 Å². The Kier molecular flexibility index (Phi) is 5.17. The molecule has 0 unspecified atom stereocenters. The van der Waals surface area contributed by atoms with Gasteiger partial charge in [-0.05, 0) is 23.8 Å². The second kappa shape index (κ2) is 7.95. The van der Waals surface area contributed by atoms with Gasteiger partial charge in [-0.2, -0.15) is 0 Å². The SMILES string of the molecule is CC(=O)Oc1ccc2c(c1)Oc1cc(OC(C)=O)ccc1C2c1ccccc1C(=O)O. The zero-order valence-corrected chi connectivity index (χ0v) is 16.7. The van der Waals surface area contributed by atoms with Crippen LogP contribution in [0.25, 0.3) is 0 Å². The number of esters is 2. The first-order chi connectivity index (χ1) is 14.8. The van der Waals surface area contributed by atoms with Crippen LogP contribution in [0.3, 0.4) is 0 Å². The van der Waals surface area contributed by atoms with E-state index in [1.165, 1.54) is 13.8 Å². The van der Waals surface area contributed by atoms with Gasteiger partial charge in [0.1, 0.15) is 23.0 Å². The number of ether oxygens (including phenoxy) is 3. The summed E-state index contributed by atoms with van der Waals surface area (Å²) in [7, 11) is 0. The molecule has 1 aliphatic heterocycles. The number of carbonyl (C=O) groups is 3. The molecule has 7 heteroatoms. The molecule has 0 aromatic heterocycles. The quantitative estimate of drug-likeness (QED) is 0.384. The third kappa shape index (κ3) is 3.98. The van der Waals surface area contributed by atoms with E-state index < -0.39 is 23.8 Å². The van der Waals surface area contributed by atoms with Crippen molar-refractivity contribution < 1.29 is 33.7 Å². The predicted molar refractivity (Wildman–Crippen MR) is 110 cm³/mol. The average Bonchev–Trinajstić information content (AvgIpc) is 2.71. The first kappa shape index (κ1) is 20.2. The third-order valence-corrected chi connectivity index (χ3v) is 4.84. The Balaban J connectivity index is 1.91. The van der Waals surface area contributed by atoms with Crippen LogP contribution in [0.15, 0.2) is 60.7 Å². The molecule has 31 heavy (non-hydrogen) atoms. The van der Waals surface area contributed by atoms with Crippen molar-refractivity contribution in [3.8, 4) is 23.0 Å². The highest BCUT2D eigenvalue weighted by molar-refractivity contribution is 5.90. The largest absolute Gasteiger partial charge is 0.478 e. The van der Waals surface area contributed by atoms with Crippen molar-refractivity contribution >= 4 is 17.9 Å². The number of aromatic carboxylic acids is 1. The molecule has 3 aromatic carbocycles. The summed E-state index contributed by atoms with van der Waals surface area (Å²) < 4.78 is 16.4. The lowest BCUT2D eigenvalue weighted by Crippen LogP contribution is -2.15. The van der Waals surface area contributed by atoms with Crippen molar-refractivity contribution in [2.24, 2.45) is 0 Å². The van der Waals surface area contributed by atoms with Crippen LogP contribution in [-0.4, -0.2) is 23.0 Å². The van der Waals surface area contributed by atoms with Gasteiger partial charge in [0, 0.05) is 43.0 Å². The molecule has 7 nitrogen and oxygen atoms in total. The van der Waals surface area contributed by atoms with E-state index in [4.69, 9.17) is 14.2 Å². The summed E-state index contributed by atoms with van der Waals surface area (Å²) >= 11 is 0. The molecule has 0 atom stereocenters. The van der Waals surface area contributed by atoms with E-state index in [0.29, 0.717) is 28.6 Å². The summed E-state index contributed by atoms with van der Waals surface area (Å²) in [4.78, 5) is 34.6. The summed E-state index contributed by atoms with van der Waals surface area (Å²) in [6.45, 7) is 2.60. The highest BCUT2D eigenvalue weighted by atomic mass is 16.5. The summed E-state index contributed by atoms with van der Waals surface area (Å²) in [5.41, 5.74) is 2.19. The molecule has 0 radical (unpaired) electrons. The normalized spacial score (nSPS) is 12.2. The molecule has 0 spiro atoms. The lowest BCUT2D eigenvalue weighted by Gasteiger charge is -2.30. The summed E-state index contributed by atoms with van der Waals surface area (Å²) in [6, 6.07) is 16.7. The van der Waals surface area contributed by atoms with E-state index in [0.717, 1.165) is 11.1 Å². The van der Waals surface area contributed by atoms with Crippen molar-refractivity contribution in [2.75, 3.05) is 0 Å². The summed E-state index contributed by atoms with van der Waals surface area (Å²) in [6.07, 6.45) is 0. The molecular weight excluding hydrogens is 400 g/mol. The Bertz CT molecular complexity index is 1150. The number of benzene rings is 3. The Labute approximate surface area is 177 Å². The van der Waals surface area contributed by atoms with Gasteiger partial charge in [0.25, 0.3) is 0 Å². The number of carboxylic acid groups (broad SMARTS) is 1. The number of hydrogen-bond donors (Lipinski definition) is 1. The Morgan fingerprint density at radius 2 is 1.29 bits per heavy atom. The van der Waals surface area contributed by atoms with Crippen LogP contribution in [0.5, 0.6) is 23.0 Å². The molecular formula is C24H18O7. The third-order valence-electron chi connectivity index (χ3n) is 4.84. The minimum atomic E-state index is -1.04.